The van der Waals surface area contributed by atoms with Gasteiger partial charge in [0.15, 0.2) is 0 Å². The summed E-state index contributed by atoms with van der Waals surface area (Å²) in [6.45, 7) is 2.35. The maximum absolute atomic E-state index is 10.5. The molecular formula is C11H16N6O3. The molecule has 0 radical (unpaired) electrons. The number of nitrogens with one attached hydrogen (secondary N) is 1. The highest BCUT2D eigenvalue weighted by Gasteiger charge is 2.12. The average molecular weight is 280 g/mol. The number of nitro groups is 1. The molecule has 2 aromatic rings. The van der Waals surface area contributed by atoms with Crippen molar-refractivity contribution >= 4 is 11.4 Å². The van der Waals surface area contributed by atoms with Crippen molar-refractivity contribution in [1.82, 2.24) is 19.6 Å². The van der Waals surface area contributed by atoms with Gasteiger partial charge in [-0.15, -0.1) is 0 Å². The lowest BCUT2D eigenvalue weighted by atomic mass is 10.3. The summed E-state index contributed by atoms with van der Waals surface area (Å²) in [5.74, 6) is 0. The third-order valence-corrected chi connectivity index (χ3v) is 2.77. The van der Waals surface area contributed by atoms with Crippen LogP contribution in [0.5, 0.6) is 0 Å². The molecule has 2 rings (SSSR count). The first-order valence-electron chi connectivity index (χ1n) is 6.04. The summed E-state index contributed by atoms with van der Waals surface area (Å²) in [5, 5.41) is 31.5. The lowest BCUT2D eigenvalue weighted by Gasteiger charge is -2.11. The van der Waals surface area contributed by atoms with Crippen molar-refractivity contribution < 1.29 is 10.0 Å². The zero-order chi connectivity index (χ0) is 14.7. The predicted octanol–water partition coefficient (Wildman–Crippen LogP) is 0.306. The molecule has 0 aliphatic carbocycles. The first-order chi connectivity index (χ1) is 9.45. The molecule has 20 heavy (non-hydrogen) atoms. The van der Waals surface area contributed by atoms with Crippen LogP contribution in [0.1, 0.15) is 5.69 Å². The van der Waals surface area contributed by atoms with Crippen LogP contribution in [0.3, 0.4) is 0 Å². The van der Waals surface area contributed by atoms with Crippen LogP contribution in [-0.4, -0.2) is 42.2 Å². The van der Waals surface area contributed by atoms with Crippen LogP contribution < -0.4 is 5.32 Å². The van der Waals surface area contributed by atoms with Gasteiger partial charge in [0.2, 0.25) is 0 Å². The smallest absolute Gasteiger partial charge is 0.306 e. The predicted molar refractivity (Wildman–Crippen MR) is 71.3 cm³/mol. The van der Waals surface area contributed by atoms with E-state index in [2.05, 4.69) is 15.5 Å². The molecule has 9 nitrogen and oxygen atoms in total. The molecule has 0 aliphatic heterocycles. The Morgan fingerprint density at radius 2 is 2.30 bits per heavy atom. The molecule has 2 aromatic heterocycles. The number of aliphatic hydroxyl groups is 1. The summed E-state index contributed by atoms with van der Waals surface area (Å²) >= 11 is 0. The molecule has 0 saturated heterocycles. The Hall–Kier alpha value is -2.42. The normalized spacial score (nSPS) is 12.3. The molecule has 2 N–H and O–H groups in total. The first-order valence-corrected chi connectivity index (χ1v) is 6.04. The molecule has 1 unspecified atom stereocenters. The number of aromatic nitrogens is 4. The van der Waals surface area contributed by atoms with E-state index in [1.165, 1.54) is 10.9 Å². The Labute approximate surface area is 115 Å². The van der Waals surface area contributed by atoms with Crippen molar-refractivity contribution in [3.05, 3.63) is 34.4 Å². The van der Waals surface area contributed by atoms with E-state index in [-0.39, 0.29) is 12.2 Å². The number of hydrogen-bond acceptors (Lipinski definition) is 6. The van der Waals surface area contributed by atoms with Crippen molar-refractivity contribution in [3.8, 4) is 0 Å². The summed E-state index contributed by atoms with van der Waals surface area (Å²) < 4.78 is 3.03. The van der Waals surface area contributed by atoms with Gasteiger partial charge in [0.1, 0.15) is 12.4 Å². The van der Waals surface area contributed by atoms with Crippen LogP contribution in [0, 0.1) is 17.0 Å². The van der Waals surface area contributed by atoms with E-state index in [9.17, 15) is 15.2 Å². The molecule has 0 aliphatic rings. The topological polar surface area (TPSA) is 111 Å². The number of aliphatic hydroxyl groups excluding tert-OH is 1. The van der Waals surface area contributed by atoms with E-state index in [0.717, 1.165) is 17.6 Å². The third kappa shape index (κ3) is 3.32. The molecule has 0 bridgehead atoms. The minimum absolute atomic E-state index is 0.0896. The monoisotopic (exact) mass is 280 g/mol. The highest BCUT2D eigenvalue weighted by atomic mass is 16.6. The van der Waals surface area contributed by atoms with Crippen LogP contribution in [0.25, 0.3) is 0 Å². The summed E-state index contributed by atoms with van der Waals surface area (Å²) in [4.78, 5) is 10.00. The van der Waals surface area contributed by atoms with Crippen molar-refractivity contribution in [3.63, 3.8) is 0 Å². The Morgan fingerprint density at radius 1 is 1.55 bits per heavy atom. The summed E-state index contributed by atoms with van der Waals surface area (Å²) in [7, 11) is 1.82. The van der Waals surface area contributed by atoms with Crippen LogP contribution >= 0.6 is 0 Å². The minimum atomic E-state index is -0.714. The van der Waals surface area contributed by atoms with Gasteiger partial charge in [0.25, 0.3) is 0 Å². The molecule has 2 heterocycles. The molecule has 0 aromatic carbocycles. The number of hydrogen-bond donors (Lipinski definition) is 2. The van der Waals surface area contributed by atoms with Crippen molar-refractivity contribution in [1.29, 1.82) is 0 Å². The van der Waals surface area contributed by atoms with E-state index in [4.69, 9.17) is 0 Å². The maximum Gasteiger partial charge on any atom is 0.306 e. The highest BCUT2D eigenvalue weighted by molar-refractivity contribution is 5.45. The highest BCUT2D eigenvalue weighted by Crippen LogP contribution is 2.12. The minimum Gasteiger partial charge on any atom is -0.389 e. The quantitative estimate of drug-likeness (QED) is 0.581. The standard InChI is InChI=1S/C11H16N6O3/c1-8-11(7-15(2)14-8)12-4-10(18)6-16-5-9(3-13-16)17(19)20/h3,5,7,10,12,18H,4,6H2,1-2H3. The second-order valence-electron chi connectivity index (χ2n) is 4.51. The Balaban J connectivity index is 1.87. The maximum atomic E-state index is 10.5. The summed E-state index contributed by atoms with van der Waals surface area (Å²) in [5.41, 5.74) is 1.60. The van der Waals surface area contributed by atoms with Gasteiger partial charge >= 0.3 is 5.69 Å². The Kier molecular flexibility index (Phi) is 3.99. The van der Waals surface area contributed by atoms with E-state index >= 15 is 0 Å². The average Bonchev–Trinajstić information content (AvgIpc) is 2.94. The van der Waals surface area contributed by atoms with Gasteiger partial charge in [-0.1, -0.05) is 0 Å². The van der Waals surface area contributed by atoms with Gasteiger partial charge in [-0.25, -0.2) is 0 Å². The molecule has 1 atom stereocenters. The largest absolute Gasteiger partial charge is 0.389 e. The number of rotatable bonds is 6. The Bertz CT molecular complexity index is 605. The van der Waals surface area contributed by atoms with Gasteiger partial charge in [-0.3, -0.25) is 19.5 Å². The summed E-state index contributed by atoms with van der Waals surface area (Å²) in [6.07, 6.45) is 3.55. The number of anilines is 1. The first kappa shape index (κ1) is 14.0. The fourth-order valence-electron chi connectivity index (χ4n) is 1.83. The van der Waals surface area contributed by atoms with Crippen molar-refractivity contribution in [2.75, 3.05) is 11.9 Å². The van der Waals surface area contributed by atoms with Crippen LogP contribution in [0.4, 0.5) is 11.4 Å². The second-order valence-corrected chi connectivity index (χ2v) is 4.51. The van der Waals surface area contributed by atoms with Gasteiger partial charge in [-0.2, -0.15) is 10.2 Å². The number of nitrogens with zero attached hydrogens (tertiary/aromatic N) is 5. The fraction of sp³-hybridized carbons (Fsp3) is 0.455. The van der Waals surface area contributed by atoms with E-state index in [1.54, 1.807) is 4.68 Å². The lowest BCUT2D eigenvalue weighted by Crippen LogP contribution is -2.25. The molecule has 108 valence electrons. The van der Waals surface area contributed by atoms with Gasteiger partial charge < -0.3 is 10.4 Å². The molecule has 0 fully saturated rings. The second kappa shape index (κ2) is 5.70. The SMILES string of the molecule is Cc1nn(C)cc1NCC(O)Cn1cc([N+](=O)[O-])cn1. The molecule has 0 amide bonds. The van der Waals surface area contributed by atoms with Gasteiger partial charge in [0, 0.05) is 19.8 Å². The van der Waals surface area contributed by atoms with E-state index < -0.39 is 11.0 Å². The van der Waals surface area contributed by atoms with Gasteiger partial charge in [0.05, 0.1) is 29.0 Å². The van der Waals surface area contributed by atoms with Crippen LogP contribution in [0.2, 0.25) is 0 Å². The molecule has 0 saturated carbocycles. The summed E-state index contributed by atoms with van der Waals surface area (Å²) in [6, 6.07) is 0. The zero-order valence-electron chi connectivity index (χ0n) is 11.2. The lowest BCUT2D eigenvalue weighted by molar-refractivity contribution is -0.385. The van der Waals surface area contributed by atoms with Crippen LogP contribution in [-0.2, 0) is 13.6 Å². The van der Waals surface area contributed by atoms with E-state index in [0.29, 0.717) is 6.54 Å². The third-order valence-electron chi connectivity index (χ3n) is 2.77. The van der Waals surface area contributed by atoms with E-state index in [1.807, 2.05) is 20.2 Å². The number of aryl methyl sites for hydroxylation is 2. The van der Waals surface area contributed by atoms with Gasteiger partial charge in [-0.05, 0) is 6.92 Å². The molecule has 9 heteroatoms. The zero-order valence-corrected chi connectivity index (χ0v) is 11.2. The fourth-order valence-corrected chi connectivity index (χ4v) is 1.83. The molecular weight excluding hydrogens is 264 g/mol. The Morgan fingerprint density at radius 3 is 2.85 bits per heavy atom. The van der Waals surface area contributed by atoms with Crippen molar-refractivity contribution in [2.45, 2.75) is 19.6 Å². The van der Waals surface area contributed by atoms with Crippen LogP contribution in [0.15, 0.2) is 18.6 Å². The van der Waals surface area contributed by atoms with Crippen molar-refractivity contribution in [2.24, 2.45) is 7.05 Å². The molecule has 0 spiro atoms.